The zero-order valence-electron chi connectivity index (χ0n) is 18.0. The molecule has 0 aliphatic heterocycles. The van der Waals surface area contributed by atoms with Gasteiger partial charge in [0.15, 0.2) is 6.29 Å². The third-order valence-corrected chi connectivity index (χ3v) is 5.01. The van der Waals surface area contributed by atoms with Crippen LogP contribution in [-0.4, -0.2) is 46.1 Å². The van der Waals surface area contributed by atoms with Gasteiger partial charge in [0.05, 0.1) is 16.7 Å². The highest BCUT2D eigenvalue weighted by molar-refractivity contribution is 6.40. The summed E-state index contributed by atoms with van der Waals surface area (Å²) >= 11 is 5.94. The van der Waals surface area contributed by atoms with Crippen LogP contribution in [0.25, 0.3) is 6.08 Å². The van der Waals surface area contributed by atoms with Crippen molar-refractivity contribution in [3.63, 3.8) is 0 Å². The highest BCUT2D eigenvalue weighted by Gasteiger charge is 2.31. The van der Waals surface area contributed by atoms with E-state index in [1.165, 1.54) is 0 Å². The number of rotatable bonds is 12. The van der Waals surface area contributed by atoms with Crippen LogP contribution in [0.15, 0.2) is 11.2 Å². The quantitative estimate of drug-likeness (QED) is 0.386. The number of aromatic nitrogens is 2. The van der Waals surface area contributed by atoms with E-state index in [0.717, 1.165) is 32.1 Å². The number of carbonyl (C=O) groups excluding carboxylic acids is 1. The van der Waals surface area contributed by atoms with E-state index in [9.17, 15) is 9.90 Å². The molecule has 0 spiro atoms. The maximum atomic E-state index is 11.0. The van der Waals surface area contributed by atoms with Crippen molar-refractivity contribution < 1.29 is 9.90 Å². The van der Waals surface area contributed by atoms with Gasteiger partial charge in [-0.25, -0.2) is 4.98 Å². The molecule has 2 N–H and O–H groups in total. The predicted molar refractivity (Wildman–Crippen MR) is 118 cm³/mol. The number of nitrogens with one attached hydrogen (secondary N) is 1. The van der Waals surface area contributed by atoms with E-state index in [1.807, 2.05) is 18.9 Å². The Bertz CT molecular complexity index is 652. The van der Waals surface area contributed by atoms with E-state index in [0.29, 0.717) is 29.7 Å². The van der Waals surface area contributed by atoms with Crippen LogP contribution in [0.4, 0.5) is 11.8 Å². The number of anilines is 2. The Labute approximate surface area is 174 Å². The third-order valence-electron chi connectivity index (χ3n) is 4.81. The van der Waals surface area contributed by atoms with E-state index < -0.39 is 5.60 Å². The minimum atomic E-state index is -0.926. The minimum absolute atomic E-state index is 0.0742. The summed E-state index contributed by atoms with van der Waals surface area (Å²) in [5.74, 6) is 1.16. The fraction of sp³-hybridized carbons (Fsp3) is 0.667. The number of nitrogens with zero attached hydrogens (tertiary/aromatic N) is 3. The Balaban J connectivity index is 3.36. The lowest BCUT2D eigenvalue weighted by Crippen LogP contribution is -2.48. The van der Waals surface area contributed by atoms with Gasteiger partial charge in [0.2, 0.25) is 5.95 Å². The number of hydrogen-bond donors (Lipinski definition) is 2. The van der Waals surface area contributed by atoms with E-state index in [-0.39, 0.29) is 11.1 Å². The highest BCUT2D eigenvalue weighted by atomic mass is 35.5. The van der Waals surface area contributed by atoms with Crippen molar-refractivity contribution in [3.8, 4) is 0 Å². The van der Waals surface area contributed by atoms with Crippen LogP contribution in [0.1, 0.15) is 72.3 Å². The number of allylic oxidation sites excluding steroid dienone is 1. The van der Waals surface area contributed by atoms with Gasteiger partial charge in [0.1, 0.15) is 5.82 Å². The molecule has 1 atom stereocenters. The zero-order valence-corrected chi connectivity index (χ0v) is 18.8. The number of carbonyl (C=O) groups is 1. The van der Waals surface area contributed by atoms with Crippen LogP contribution in [0.5, 0.6) is 0 Å². The molecule has 7 heteroatoms. The fourth-order valence-corrected chi connectivity index (χ4v) is 3.70. The van der Waals surface area contributed by atoms with E-state index >= 15 is 0 Å². The molecule has 1 aromatic heterocycles. The van der Waals surface area contributed by atoms with Gasteiger partial charge in [-0.1, -0.05) is 45.2 Å². The van der Waals surface area contributed by atoms with Crippen molar-refractivity contribution in [3.05, 3.63) is 16.8 Å². The van der Waals surface area contributed by atoms with Gasteiger partial charge in [0, 0.05) is 24.8 Å². The van der Waals surface area contributed by atoms with Crippen molar-refractivity contribution in [1.29, 1.82) is 0 Å². The maximum Gasteiger partial charge on any atom is 0.224 e. The first-order valence-corrected chi connectivity index (χ1v) is 10.5. The van der Waals surface area contributed by atoms with Gasteiger partial charge in [-0.05, 0) is 39.2 Å². The third kappa shape index (κ3) is 7.06. The molecule has 0 unspecified atom stereocenters. The summed E-state index contributed by atoms with van der Waals surface area (Å²) in [7, 11) is 1.89. The van der Waals surface area contributed by atoms with Crippen molar-refractivity contribution in [2.45, 2.75) is 84.4 Å². The summed E-state index contributed by atoms with van der Waals surface area (Å²) in [5, 5.41) is 14.1. The van der Waals surface area contributed by atoms with Gasteiger partial charge < -0.3 is 15.3 Å². The molecule has 0 radical (unpaired) electrons. The fourth-order valence-electron chi connectivity index (χ4n) is 3.58. The molecular formula is C21H35ClN4O2. The zero-order chi connectivity index (χ0) is 21.3. The molecule has 0 aliphatic rings. The summed E-state index contributed by atoms with van der Waals surface area (Å²) < 4.78 is 0. The standard InChI is InChI=1S/C21H35ClN4O2/c1-7-10-17(11-8-2)24-20-23-13-15(12-16(22)14-27)19(25-20)26(6)18(9-3)21(4,5)28/h12-14,17-18,28H,7-11H2,1-6H3,(H,23,24,25)/b16-12+/t18-/m1/s1. The van der Waals surface area contributed by atoms with Crippen LogP contribution in [0.2, 0.25) is 0 Å². The minimum Gasteiger partial charge on any atom is -0.388 e. The Kier molecular flexibility index (Phi) is 9.90. The number of likely N-dealkylation sites (N-methyl/N-ethyl adjacent to an activating group) is 1. The van der Waals surface area contributed by atoms with Crippen molar-refractivity contribution in [2.75, 3.05) is 17.3 Å². The topological polar surface area (TPSA) is 78.4 Å². The van der Waals surface area contributed by atoms with Crippen LogP contribution in [0.3, 0.4) is 0 Å². The summed E-state index contributed by atoms with van der Waals surface area (Å²) in [6.07, 6.45) is 8.78. The normalized spacial score (nSPS) is 13.5. The SMILES string of the molecule is CCCC(CCC)Nc1ncc(/C=C(/Cl)C=O)c(N(C)[C@H](CC)C(C)(C)O)n1. The van der Waals surface area contributed by atoms with E-state index in [2.05, 4.69) is 24.1 Å². The summed E-state index contributed by atoms with van der Waals surface area (Å²) in [6, 6.07) is 0.142. The van der Waals surface area contributed by atoms with Gasteiger partial charge in [-0.3, -0.25) is 4.79 Å². The lowest BCUT2D eigenvalue weighted by atomic mass is 9.95. The lowest BCUT2D eigenvalue weighted by Gasteiger charge is -2.37. The maximum absolute atomic E-state index is 11.0. The van der Waals surface area contributed by atoms with Crippen molar-refractivity contribution in [2.24, 2.45) is 0 Å². The first kappa shape index (κ1) is 24.4. The molecule has 1 rings (SSSR count). The van der Waals surface area contributed by atoms with Crippen LogP contribution in [0, 0.1) is 0 Å². The summed E-state index contributed by atoms with van der Waals surface area (Å²) in [5.41, 5.74) is -0.292. The molecule has 0 aromatic carbocycles. The van der Waals surface area contributed by atoms with Crippen molar-refractivity contribution in [1.82, 2.24) is 9.97 Å². The Morgan fingerprint density at radius 1 is 1.32 bits per heavy atom. The molecule has 0 bridgehead atoms. The number of halogens is 1. The number of hydrogen-bond acceptors (Lipinski definition) is 6. The van der Waals surface area contributed by atoms with E-state index in [4.69, 9.17) is 16.6 Å². The van der Waals surface area contributed by atoms with Gasteiger partial charge in [-0.15, -0.1) is 0 Å². The summed E-state index contributed by atoms with van der Waals surface area (Å²) in [4.78, 5) is 22.1. The molecular weight excluding hydrogens is 376 g/mol. The smallest absolute Gasteiger partial charge is 0.224 e. The van der Waals surface area contributed by atoms with Crippen LogP contribution in [-0.2, 0) is 4.79 Å². The molecule has 0 saturated carbocycles. The summed E-state index contributed by atoms with van der Waals surface area (Å²) in [6.45, 7) is 9.91. The Hall–Kier alpha value is -1.66. The number of aldehydes is 1. The second kappa shape index (κ2) is 11.4. The van der Waals surface area contributed by atoms with Crippen molar-refractivity contribution >= 4 is 35.7 Å². The first-order chi connectivity index (χ1) is 13.2. The van der Waals surface area contributed by atoms with Gasteiger partial charge in [-0.2, -0.15) is 4.98 Å². The Morgan fingerprint density at radius 3 is 2.39 bits per heavy atom. The molecule has 6 nitrogen and oxygen atoms in total. The molecule has 158 valence electrons. The largest absolute Gasteiger partial charge is 0.388 e. The highest BCUT2D eigenvalue weighted by Crippen LogP contribution is 2.28. The second-order valence-corrected chi connectivity index (χ2v) is 8.16. The molecule has 0 amide bonds. The average molecular weight is 411 g/mol. The molecule has 1 heterocycles. The molecule has 28 heavy (non-hydrogen) atoms. The first-order valence-electron chi connectivity index (χ1n) is 10.1. The molecule has 0 aliphatic carbocycles. The lowest BCUT2D eigenvalue weighted by molar-refractivity contribution is -0.104. The average Bonchev–Trinajstić information content (AvgIpc) is 2.62. The Morgan fingerprint density at radius 2 is 1.93 bits per heavy atom. The monoisotopic (exact) mass is 410 g/mol. The van der Waals surface area contributed by atoms with Crippen LogP contribution < -0.4 is 10.2 Å². The van der Waals surface area contributed by atoms with Gasteiger partial charge in [0.25, 0.3) is 0 Å². The van der Waals surface area contributed by atoms with E-state index in [1.54, 1.807) is 26.1 Å². The second-order valence-electron chi connectivity index (χ2n) is 7.73. The number of aliphatic hydroxyl groups is 1. The van der Waals surface area contributed by atoms with Crippen LogP contribution >= 0.6 is 11.6 Å². The molecule has 0 saturated heterocycles. The predicted octanol–water partition coefficient (Wildman–Crippen LogP) is 4.62. The van der Waals surface area contributed by atoms with Gasteiger partial charge >= 0.3 is 0 Å². The molecule has 0 fully saturated rings. The molecule has 1 aromatic rings.